The van der Waals surface area contributed by atoms with Crippen LogP contribution in [0.15, 0.2) is 210 Å². The van der Waals surface area contributed by atoms with Gasteiger partial charge >= 0.3 is 0 Å². The van der Waals surface area contributed by atoms with E-state index in [0.29, 0.717) is 0 Å². The first-order valence-electron chi connectivity index (χ1n) is 27.0. The first kappa shape index (κ1) is 45.7. The van der Waals surface area contributed by atoms with E-state index >= 15 is 0 Å². The van der Waals surface area contributed by atoms with Gasteiger partial charge in [0.25, 0.3) is 0 Å². The Kier molecular flexibility index (Phi) is 10.00. The number of rotatable bonds is 6. The molecule has 2 unspecified atom stereocenters. The molecule has 1 heterocycles. The molecule has 2 atom stereocenters. The molecule has 0 saturated carbocycles. The van der Waals surface area contributed by atoms with Crippen molar-refractivity contribution < 1.29 is 0 Å². The summed E-state index contributed by atoms with van der Waals surface area (Å²) in [5, 5.41) is 5.19. The lowest BCUT2D eigenvalue weighted by atomic mass is 9.70. The number of halogens is 1. The minimum absolute atomic E-state index is 0.0170. The number of aryl methyl sites for hydroxylation is 2. The highest BCUT2D eigenvalue weighted by Crippen LogP contribution is 2.60. The summed E-state index contributed by atoms with van der Waals surface area (Å²) < 4.78 is 4.83. The molecule has 364 valence electrons. The van der Waals surface area contributed by atoms with Crippen LogP contribution in [0.3, 0.4) is 0 Å². The van der Waals surface area contributed by atoms with E-state index in [-0.39, 0.29) is 31.6 Å². The Bertz CT molecular complexity index is 4400. The average Bonchev–Trinajstić information content (AvgIpc) is 4.09. The van der Waals surface area contributed by atoms with Gasteiger partial charge in [0.05, 0.1) is 0 Å². The van der Waals surface area contributed by atoms with E-state index in [4.69, 9.17) is 0 Å². The summed E-state index contributed by atoms with van der Waals surface area (Å²) in [5.74, 6) is 0. The molecule has 1 heteroatoms. The largest absolute Gasteiger partial charge is 0.0931 e. The van der Waals surface area contributed by atoms with E-state index in [1.807, 2.05) is 0 Å². The van der Waals surface area contributed by atoms with Gasteiger partial charge in [-0.3, -0.25) is 0 Å². The van der Waals surface area contributed by atoms with Crippen LogP contribution in [-0.2, 0) is 22.7 Å². The summed E-state index contributed by atoms with van der Waals surface area (Å²) in [7, 11) is 0. The molecule has 11 aromatic rings. The van der Waals surface area contributed by atoms with E-state index in [1.54, 1.807) is 0 Å². The maximum Gasteiger partial charge on any atom is 0.0442 e. The molecule has 0 N–H and O–H groups in total. The molecular weight excluding hydrogens is 1030 g/mol. The average molecular weight is 1090 g/mol. The van der Waals surface area contributed by atoms with Gasteiger partial charge in [0.15, 0.2) is 0 Å². The quantitative estimate of drug-likeness (QED) is 0.146. The van der Waals surface area contributed by atoms with Crippen LogP contribution in [0.1, 0.15) is 94.5 Å². The van der Waals surface area contributed by atoms with Gasteiger partial charge in [0.2, 0.25) is 0 Å². The Balaban J connectivity index is 0.837. The third kappa shape index (κ3) is 6.57. The molecule has 0 fully saturated rings. The molecule has 4 aliphatic rings. The number of fused-ring (bicyclic) bond motifs is 12. The van der Waals surface area contributed by atoms with Crippen molar-refractivity contribution in [2.45, 2.75) is 64.2 Å². The van der Waals surface area contributed by atoms with Gasteiger partial charge in [0.1, 0.15) is 0 Å². The summed E-state index contributed by atoms with van der Waals surface area (Å²) in [6.45, 7) is 14.3. The SMILES string of the molecule is Cc1ccc2cc(-c3cccc4c3-c3ccccc3C4(C)Cc3c(C)ccc4cc(-c5ccc6c(c5)-c5ccccc5C6(C)c5cc(-c6ccc7c(c6)C=CI=C7)cc6c5-c5ccccc5C6(C)C)ccc34)ccc2c1. The lowest BCUT2D eigenvalue weighted by molar-refractivity contribution is 0.584. The second-order valence-corrected chi connectivity index (χ2v) is 25.1. The molecule has 3 aliphatic carbocycles. The predicted octanol–water partition coefficient (Wildman–Crippen LogP) is 19.9. The molecule has 76 heavy (non-hydrogen) atoms. The highest BCUT2D eigenvalue weighted by Gasteiger charge is 2.47. The minimum atomic E-state index is -0.400. The predicted molar refractivity (Wildman–Crippen MR) is 332 cm³/mol. The van der Waals surface area contributed by atoms with Crippen LogP contribution in [0.4, 0.5) is 0 Å². The van der Waals surface area contributed by atoms with Crippen molar-refractivity contribution in [3.63, 3.8) is 0 Å². The van der Waals surface area contributed by atoms with E-state index in [9.17, 15) is 0 Å². The summed E-state index contributed by atoms with van der Waals surface area (Å²) in [5.41, 5.74) is 31.5. The zero-order valence-corrected chi connectivity index (χ0v) is 46.1. The molecule has 0 amide bonds. The van der Waals surface area contributed by atoms with Gasteiger partial charge in [-0.25, -0.2) is 0 Å². The minimum Gasteiger partial charge on any atom is -0.0931 e. The van der Waals surface area contributed by atoms with Crippen LogP contribution in [-0.4, -0.2) is 4.01 Å². The summed E-state index contributed by atoms with van der Waals surface area (Å²) in [6, 6.07) is 79.9. The fourth-order valence-corrected chi connectivity index (χ4v) is 16.2. The Hall–Kier alpha value is -7.72. The molecule has 0 saturated heterocycles. The third-order valence-corrected chi connectivity index (χ3v) is 20.2. The van der Waals surface area contributed by atoms with Gasteiger partial charge in [-0.2, -0.15) is 0 Å². The molecule has 11 aromatic carbocycles. The van der Waals surface area contributed by atoms with E-state index < -0.39 is 5.41 Å². The van der Waals surface area contributed by atoms with Crippen molar-refractivity contribution in [2.24, 2.45) is 0 Å². The highest BCUT2D eigenvalue weighted by atomic mass is 127. The molecule has 0 aromatic heterocycles. The molecule has 0 bridgehead atoms. The molecule has 0 radical (unpaired) electrons. The van der Waals surface area contributed by atoms with Crippen LogP contribution in [0.5, 0.6) is 0 Å². The standard InChI is InChI=1S/C75H57I/c1-45-22-24-48-39-54(28-26-47(48)36-45)58-17-13-21-68-71(58)61-16-9-11-19-65(61)74(68,5)43-63-46(2)23-25-53-38-49(30-32-57(53)63)51-31-33-67-62(40-51)59-14-7-12-20-66(59)75(67,6)70-42-56(50-27-29-55-44-76-35-34-52(55)37-50)41-69-72(70)60-15-8-10-18-64(60)73(69,3)4/h7-42,44H,43H2,1-6H3. The second-order valence-electron chi connectivity index (χ2n) is 23.1. The second kappa shape index (κ2) is 16.6. The summed E-state index contributed by atoms with van der Waals surface area (Å²) in [4.78, 5) is 0. The summed E-state index contributed by atoms with van der Waals surface area (Å²) in [6.07, 6.45) is 3.25. The van der Waals surface area contributed by atoms with Crippen LogP contribution in [0.2, 0.25) is 0 Å². The zero-order chi connectivity index (χ0) is 51.2. The maximum atomic E-state index is 2.55. The van der Waals surface area contributed by atoms with Crippen molar-refractivity contribution >= 4 is 52.4 Å². The molecule has 0 nitrogen and oxygen atoms in total. The van der Waals surface area contributed by atoms with Crippen molar-refractivity contribution in [3.05, 3.63) is 277 Å². The number of benzene rings is 11. The maximum absolute atomic E-state index is 2.55. The molecule has 1 aliphatic heterocycles. The van der Waals surface area contributed by atoms with Crippen LogP contribution >= 0.6 is 20.7 Å². The van der Waals surface area contributed by atoms with Crippen molar-refractivity contribution in [1.82, 2.24) is 0 Å². The lowest BCUT2D eigenvalue weighted by Crippen LogP contribution is -2.24. The van der Waals surface area contributed by atoms with Gasteiger partial charge in [0, 0.05) is 16.2 Å². The fraction of sp³-hybridized carbons (Fsp3) is 0.133. The monoisotopic (exact) mass is 1080 g/mol. The van der Waals surface area contributed by atoms with Crippen molar-refractivity contribution in [3.8, 4) is 66.8 Å². The van der Waals surface area contributed by atoms with Crippen LogP contribution in [0, 0.1) is 13.8 Å². The van der Waals surface area contributed by atoms with Gasteiger partial charge in [-0.1, -0.05) is 217 Å². The zero-order valence-electron chi connectivity index (χ0n) is 43.9. The molecule has 15 rings (SSSR count). The Morgan fingerprint density at radius 3 is 1.86 bits per heavy atom. The third-order valence-electron chi connectivity index (χ3n) is 18.4. The topological polar surface area (TPSA) is 0 Å². The fourth-order valence-electron chi connectivity index (χ4n) is 14.4. The van der Waals surface area contributed by atoms with Gasteiger partial charge < -0.3 is 0 Å². The number of hydrogen-bond donors (Lipinski definition) is 0. The first-order valence-corrected chi connectivity index (χ1v) is 29.5. The van der Waals surface area contributed by atoms with Crippen LogP contribution in [0.25, 0.3) is 94.4 Å². The number of hydrogen-bond acceptors (Lipinski definition) is 0. The first-order chi connectivity index (χ1) is 37.0. The lowest BCUT2D eigenvalue weighted by Gasteiger charge is -2.32. The summed E-state index contributed by atoms with van der Waals surface area (Å²) >= 11 is -0.0170. The molecular formula is C75H57I. The van der Waals surface area contributed by atoms with Gasteiger partial charge in [-0.05, 0) is 227 Å². The van der Waals surface area contributed by atoms with E-state index in [0.717, 1.165) is 6.42 Å². The Morgan fingerprint density at radius 1 is 0.382 bits per heavy atom. The Labute approximate surface area is 457 Å². The van der Waals surface area contributed by atoms with E-state index in [1.165, 1.54) is 155 Å². The van der Waals surface area contributed by atoms with Crippen molar-refractivity contribution in [1.29, 1.82) is 0 Å². The molecule has 0 spiro atoms. The van der Waals surface area contributed by atoms with Gasteiger partial charge in [-0.15, -0.1) is 0 Å². The highest BCUT2D eigenvalue weighted by molar-refractivity contribution is 14.2. The Morgan fingerprint density at radius 2 is 1.00 bits per heavy atom. The van der Waals surface area contributed by atoms with Crippen molar-refractivity contribution in [2.75, 3.05) is 0 Å². The van der Waals surface area contributed by atoms with E-state index in [2.05, 4.69) is 262 Å². The van der Waals surface area contributed by atoms with Crippen LogP contribution < -0.4 is 0 Å². The smallest absolute Gasteiger partial charge is 0.0442 e. The normalized spacial score (nSPS) is 17.9.